The van der Waals surface area contributed by atoms with E-state index in [1.54, 1.807) is 36.4 Å². The van der Waals surface area contributed by atoms with Crippen molar-refractivity contribution < 1.29 is 19.4 Å². The summed E-state index contributed by atoms with van der Waals surface area (Å²) in [7, 11) is 1.49. The summed E-state index contributed by atoms with van der Waals surface area (Å²) >= 11 is 6.35. The number of aromatic amines is 1. The molecule has 8 heteroatoms. The van der Waals surface area contributed by atoms with Crippen molar-refractivity contribution in [2.24, 2.45) is 0 Å². The van der Waals surface area contributed by atoms with E-state index in [0.717, 1.165) is 11.1 Å². The molecule has 0 bridgehead atoms. The molecule has 7 nitrogen and oxygen atoms in total. The summed E-state index contributed by atoms with van der Waals surface area (Å²) in [6, 6.07) is 18.5. The van der Waals surface area contributed by atoms with Gasteiger partial charge < -0.3 is 14.8 Å². The van der Waals surface area contributed by atoms with Crippen LogP contribution in [-0.2, 0) is 9.59 Å². The zero-order chi connectivity index (χ0) is 24.0. The number of fused-ring (bicyclic) bond motifs is 1. The van der Waals surface area contributed by atoms with Crippen LogP contribution in [0.15, 0.2) is 72.3 Å². The van der Waals surface area contributed by atoms with E-state index in [1.807, 2.05) is 31.2 Å². The molecule has 2 heterocycles. The number of ketones is 1. The molecule has 1 aliphatic heterocycles. The molecule has 0 spiro atoms. The van der Waals surface area contributed by atoms with Crippen molar-refractivity contribution in [3.05, 3.63) is 94.0 Å². The Morgan fingerprint density at radius 1 is 1.09 bits per heavy atom. The SMILES string of the molecule is COc1ccc(Cl)c(/C(O)=C2\C(=O)C(=O)N(c3nc4ccc(C)cc4[nH]3)C2c2ccccc2)c1. The number of aliphatic hydroxyl groups excluding tert-OH is 1. The van der Waals surface area contributed by atoms with E-state index in [9.17, 15) is 14.7 Å². The van der Waals surface area contributed by atoms with Gasteiger partial charge in [0.1, 0.15) is 11.5 Å². The van der Waals surface area contributed by atoms with Crippen LogP contribution in [0.1, 0.15) is 22.7 Å². The molecule has 3 aromatic carbocycles. The minimum Gasteiger partial charge on any atom is -0.507 e. The van der Waals surface area contributed by atoms with E-state index in [-0.39, 0.29) is 27.9 Å². The summed E-state index contributed by atoms with van der Waals surface area (Å²) in [5.74, 6) is -1.35. The lowest BCUT2D eigenvalue weighted by molar-refractivity contribution is -0.132. The largest absolute Gasteiger partial charge is 0.507 e. The van der Waals surface area contributed by atoms with Crippen molar-refractivity contribution in [2.75, 3.05) is 12.0 Å². The van der Waals surface area contributed by atoms with E-state index in [1.165, 1.54) is 18.1 Å². The van der Waals surface area contributed by atoms with Crippen LogP contribution in [0.3, 0.4) is 0 Å². The number of rotatable bonds is 4. The lowest BCUT2D eigenvalue weighted by atomic mass is 9.95. The number of aromatic nitrogens is 2. The summed E-state index contributed by atoms with van der Waals surface area (Å²) < 4.78 is 5.25. The molecule has 0 aliphatic carbocycles. The number of halogens is 1. The Hall–Kier alpha value is -4.10. The lowest BCUT2D eigenvalue weighted by Gasteiger charge is -2.23. The number of carbonyl (C=O) groups excluding carboxylic acids is 2. The zero-order valence-electron chi connectivity index (χ0n) is 18.4. The Bertz CT molecular complexity index is 1480. The van der Waals surface area contributed by atoms with Crippen LogP contribution in [0, 0.1) is 6.92 Å². The predicted octanol–water partition coefficient (Wildman–Crippen LogP) is 5.16. The number of imidazole rings is 1. The van der Waals surface area contributed by atoms with E-state index in [4.69, 9.17) is 16.3 Å². The van der Waals surface area contributed by atoms with Gasteiger partial charge in [0.15, 0.2) is 0 Å². The number of methoxy groups -OCH3 is 1. The highest BCUT2D eigenvalue weighted by Crippen LogP contribution is 2.42. The van der Waals surface area contributed by atoms with Gasteiger partial charge in [-0.25, -0.2) is 4.98 Å². The van der Waals surface area contributed by atoms with Gasteiger partial charge in [0.2, 0.25) is 5.95 Å². The fourth-order valence-electron chi connectivity index (χ4n) is 4.18. The summed E-state index contributed by atoms with van der Waals surface area (Å²) in [5, 5.41) is 11.5. The Morgan fingerprint density at radius 3 is 2.59 bits per heavy atom. The first-order valence-corrected chi connectivity index (χ1v) is 10.9. The van der Waals surface area contributed by atoms with Crippen molar-refractivity contribution in [1.82, 2.24) is 9.97 Å². The second-order valence-corrected chi connectivity index (χ2v) is 8.41. The first kappa shape index (κ1) is 21.7. The Morgan fingerprint density at radius 2 is 1.85 bits per heavy atom. The van der Waals surface area contributed by atoms with Crippen LogP contribution in [0.4, 0.5) is 5.95 Å². The van der Waals surface area contributed by atoms with Crippen molar-refractivity contribution in [1.29, 1.82) is 0 Å². The number of aryl methyl sites for hydroxylation is 1. The van der Waals surface area contributed by atoms with Gasteiger partial charge in [-0.15, -0.1) is 0 Å². The van der Waals surface area contributed by atoms with Gasteiger partial charge in [0.25, 0.3) is 5.78 Å². The second-order valence-electron chi connectivity index (χ2n) is 8.01. The van der Waals surface area contributed by atoms with Crippen molar-refractivity contribution >= 4 is 46.0 Å². The van der Waals surface area contributed by atoms with Crippen molar-refractivity contribution in [3.63, 3.8) is 0 Å². The molecular formula is C26H20ClN3O4. The van der Waals surface area contributed by atoms with Crippen LogP contribution >= 0.6 is 11.6 Å². The summed E-state index contributed by atoms with van der Waals surface area (Å²) in [4.78, 5) is 35.6. The molecule has 4 aromatic rings. The zero-order valence-corrected chi connectivity index (χ0v) is 19.1. The van der Waals surface area contributed by atoms with Crippen LogP contribution in [0.5, 0.6) is 5.75 Å². The number of carbonyl (C=O) groups is 2. The average Bonchev–Trinajstić information content (AvgIpc) is 3.37. The van der Waals surface area contributed by atoms with E-state index >= 15 is 0 Å². The first-order chi connectivity index (χ1) is 16.4. The number of nitrogens with zero attached hydrogens (tertiary/aromatic N) is 2. The molecular weight excluding hydrogens is 454 g/mol. The maximum absolute atomic E-state index is 13.3. The molecule has 1 unspecified atom stereocenters. The molecule has 170 valence electrons. The molecule has 1 aromatic heterocycles. The Labute approximate surface area is 200 Å². The Kier molecular flexibility index (Phi) is 5.34. The smallest absolute Gasteiger partial charge is 0.302 e. The molecule has 1 aliphatic rings. The van der Waals surface area contributed by atoms with E-state index in [2.05, 4.69) is 9.97 Å². The fourth-order valence-corrected chi connectivity index (χ4v) is 4.39. The molecule has 1 atom stereocenters. The third-order valence-electron chi connectivity index (χ3n) is 5.84. The minimum atomic E-state index is -0.912. The molecule has 0 saturated carbocycles. The molecule has 1 amide bonds. The van der Waals surface area contributed by atoms with Crippen LogP contribution in [0.2, 0.25) is 5.02 Å². The summed E-state index contributed by atoms with van der Waals surface area (Å²) in [6.07, 6.45) is 0. The van der Waals surface area contributed by atoms with Gasteiger partial charge in [0, 0.05) is 5.56 Å². The van der Waals surface area contributed by atoms with Crippen LogP contribution < -0.4 is 9.64 Å². The molecule has 1 fully saturated rings. The first-order valence-electron chi connectivity index (χ1n) is 10.5. The lowest BCUT2D eigenvalue weighted by Crippen LogP contribution is -2.30. The number of H-pyrrole nitrogens is 1. The maximum atomic E-state index is 13.3. The van der Waals surface area contributed by atoms with Gasteiger partial charge in [-0.05, 0) is 48.4 Å². The number of benzene rings is 3. The van der Waals surface area contributed by atoms with Gasteiger partial charge in [0.05, 0.1) is 34.8 Å². The molecule has 5 rings (SSSR count). The Balaban J connectivity index is 1.74. The van der Waals surface area contributed by atoms with Crippen LogP contribution in [0.25, 0.3) is 16.8 Å². The number of amides is 1. The maximum Gasteiger partial charge on any atom is 0.302 e. The second kappa shape index (κ2) is 8.35. The number of hydrogen-bond donors (Lipinski definition) is 2. The monoisotopic (exact) mass is 473 g/mol. The van der Waals surface area contributed by atoms with E-state index in [0.29, 0.717) is 16.8 Å². The topological polar surface area (TPSA) is 95.5 Å². The number of nitrogens with one attached hydrogen (secondary N) is 1. The molecule has 34 heavy (non-hydrogen) atoms. The average molecular weight is 474 g/mol. The minimum absolute atomic E-state index is 0.0806. The van der Waals surface area contributed by atoms with Crippen molar-refractivity contribution in [2.45, 2.75) is 13.0 Å². The summed E-state index contributed by atoms with van der Waals surface area (Å²) in [6.45, 7) is 1.95. The quantitative estimate of drug-likeness (QED) is 0.242. The number of ether oxygens (including phenoxy) is 1. The molecule has 2 N–H and O–H groups in total. The van der Waals surface area contributed by atoms with Crippen molar-refractivity contribution in [3.8, 4) is 5.75 Å². The van der Waals surface area contributed by atoms with Gasteiger partial charge >= 0.3 is 5.91 Å². The normalized spacial score (nSPS) is 17.5. The number of anilines is 1. The molecule has 0 radical (unpaired) electrons. The highest BCUT2D eigenvalue weighted by Gasteiger charge is 2.48. The standard InChI is InChI=1S/C26H20ClN3O4/c1-14-8-11-19-20(12-14)29-26(28-19)30-22(15-6-4-3-5-7-15)21(24(32)25(30)33)23(31)17-13-16(34-2)9-10-18(17)27/h3-13,22,31H,1-2H3,(H,28,29)/b23-21+. The molecule has 1 saturated heterocycles. The fraction of sp³-hybridized carbons (Fsp3) is 0.115. The van der Waals surface area contributed by atoms with E-state index < -0.39 is 17.7 Å². The van der Waals surface area contributed by atoms with Crippen LogP contribution in [-0.4, -0.2) is 33.9 Å². The van der Waals surface area contributed by atoms with Gasteiger partial charge in [-0.1, -0.05) is 48.0 Å². The number of aliphatic hydroxyl groups is 1. The van der Waals surface area contributed by atoms with Gasteiger partial charge in [-0.3, -0.25) is 14.5 Å². The third kappa shape index (κ3) is 3.50. The summed E-state index contributed by atoms with van der Waals surface area (Å²) in [5.41, 5.74) is 3.17. The number of Topliss-reactive ketones (excluding diaryl/α,β-unsaturated/α-hetero) is 1. The number of hydrogen-bond acceptors (Lipinski definition) is 5. The van der Waals surface area contributed by atoms with Gasteiger partial charge in [-0.2, -0.15) is 0 Å². The highest BCUT2D eigenvalue weighted by molar-refractivity contribution is 6.51. The predicted molar refractivity (Wildman–Crippen MR) is 130 cm³/mol. The highest BCUT2D eigenvalue weighted by atomic mass is 35.5. The third-order valence-corrected chi connectivity index (χ3v) is 6.17.